The lowest BCUT2D eigenvalue weighted by Crippen LogP contribution is -2.10. The molecule has 4 nitrogen and oxygen atoms in total. The van der Waals surface area contributed by atoms with Crippen LogP contribution in [-0.4, -0.2) is 4.98 Å². The number of pyridine rings is 1. The summed E-state index contributed by atoms with van der Waals surface area (Å²) in [5, 5.41) is 6.55. The molecule has 3 aromatic heterocycles. The number of hydrogen-bond acceptors (Lipinski definition) is 4. The molecule has 10 aromatic rings. The third-order valence-corrected chi connectivity index (χ3v) is 9.50. The van der Waals surface area contributed by atoms with Crippen LogP contribution >= 0.6 is 0 Å². The fourth-order valence-corrected chi connectivity index (χ4v) is 7.19. The van der Waals surface area contributed by atoms with Crippen LogP contribution in [0.4, 0.5) is 17.1 Å². The number of rotatable bonds is 5. The third kappa shape index (κ3) is 4.49. The van der Waals surface area contributed by atoms with Crippen molar-refractivity contribution in [3.8, 4) is 22.4 Å². The Morgan fingerprint density at radius 2 is 1.14 bits per heavy atom. The zero-order valence-corrected chi connectivity index (χ0v) is 26.4. The maximum atomic E-state index is 6.46. The second-order valence-corrected chi connectivity index (χ2v) is 12.4. The van der Waals surface area contributed by atoms with Crippen LogP contribution in [0.2, 0.25) is 0 Å². The second-order valence-electron chi connectivity index (χ2n) is 12.4. The van der Waals surface area contributed by atoms with Crippen molar-refractivity contribution >= 4 is 71.7 Å². The average Bonchev–Trinajstić information content (AvgIpc) is 3.74. The topological polar surface area (TPSA) is 42.4 Å². The third-order valence-electron chi connectivity index (χ3n) is 9.50. The van der Waals surface area contributed by atoms with Crippen molar-refractivity contribution in [3.05, 3.63) is 170 Å². The van der Waals surface area contributed by atoms with E-state index < -0.39 is 0 Å². The summed E-state index contributed by atoms with van der Waals surface area (Å²) in [7, 11) is 0. The fourth-order valence-electron chi connectivity index (χ4n) is 7.19. The lowest BCUT2D eigenvalue weighted by atomic mass is 10.0. The Kier molecular flexibility index (Phi) is 6.15. The van der Waals surface area contributed by atoms with Gasteiger partial charge in [0.2, 0.25) is 0 Å². The van der Waals surface area contributed by atoms with Crippen molar-refractivity contribution in [1.29, 1.82) is 0 Å². The summed E-state index contributed by atoms with van der Waals surface area (Å²) in [5.41, 5.74) is 10.9. The van der Waals surface area contributed by atoms with Crippen molar-refractivity contribution in [2.75, 3.05) is 4.90 Å². The maximum Gasteiger partial charge on any atom is 0.143 e. The highest BCUT2D eigenvalue weighted by Crippen LogP contribution is 2.42. The number of fused-ring (bicyclic) bond motifs is 8. The predicted molar refractivity (Wildman–Crippen MR) is 202 cm³/mol. The monoisotopic (exact) mass is 628 g/mol. The Bertz CT molecular complexity index is 2830. The number of para-hydroxylation sites is 1. The molecule has 0 saturated heterocycles. The normalized spacial score (nSPS) is 11.7. The molecule has 0 N–H and O–H groups in total. The second kappa shape index (κ2) is 11.0. The highest BCUT2D eigenvalue weighted by molar-refractivity contribution is 6.18. The molecule has 0 atom stereocenters. The van der Waals surface area contributed by atoms with E-state index >= 15 is 0 Å². The van der Waals surface area contributed by atoms with E-state index in [9.17, 15) is 0 Å². The molecule has 0 amide bonds. The van der Waals surface area contributed by atoms with E-state index in [1.165, 1.54) is 5.56 Å². The number of furan rings is 2. The summed E-state index contributed by atoms with van der Waals surface area (Å²) >= 11 is 0. The van der Waals surface area contributed by atoms with Crippen LogP contribution in [0.3, 0.4) is 0 Å². The molecule has 0 fully saturated rings. The van der Waals surface area contributed by atoms with Crippen LogP contribution in [0.5, 0.6) is 0 Å². The van der Waals surface area contributed by atoms with E-state index in [1.54, 1.807) is 0 Å². The van der Waals surface area contributed by atoms with Gasteiger partial charge in [-0.2, -0.15) is 0 Å². The quantitative estimate of drug-likeness (QED) is 0.190. The van der Waals surface area contributed by atoms with Crippen LogP contribution in [0.1, 0.15) is 0 Å². The summed E-state index contributed by atoms with van der Waals surface area (Å²) in [5.74, 6) is 0. The van der Waals surface area contributed by atoms with Gasteiger partial charge >= 0.3 is 0 Å². The molecule has 0 unspecified atom stereocenters. The Labute approximate surface area is 282 Å². The molecule has 10 rings (SSSR count). The molecule has 3 heterocycles. The fraction of sp³-hybridized carbons (Fsp3) is 0. The minimum absolute atomic E-state index is 0.834. The van der Waals surface area contributed by atoms with Crippen LogP contribution < -0.4 is 4.90 Å². The van der Waals surface area contributed by atoms with E-state index in [0.717, 1.165) is 88.5 Å². The average molecular weight is 629 g/mol. The van der Waals surface area contributed by atoms with Gasteiger partial charge in [0.15, 0.2) is 0 Å². The van der Waals surface area contributed by atoms with Gasteiger partial charge in [0.1, 0.15) is 22.3 Å². The van der Waals surface area contributed by atoms with Gasteiger partial charge in [0, 0.05) is 50.4 Å². The van der Waals surface area contributed by atoms with Gasteiger partial charge < -0.3 is 13.7 Å². The predicted octanol–water partition coefficient (Wildman–Crippen LogP) is 12.8. The molecule has 49 heavy (non-hydrogen) atoms. The minimum Gasteiger partial charge on any atom is -0.456 e. The molecular formula is C45H28N2O2. The SMILES string of the molecule is c1ccc(-c2cccc(N(c3ccc(-c4nccc5oc6c7ccccc7ccc6c45)cc3)c3ccc4oc5ccccc5c4c3)c2)cc1. The number of hydrogen-bond donors (Lipinski definition) is 0. The smallest absolute Gasteiger partial charge is 0.143 e. The van der Waals surface area contributed by atoms with E-state index in [-0.39, 0.29) is 0 Å². The van der Waals surface area contributed by atoms with E-state index in [4.69, 9.17) is 13.8 Å². The number of nitrogens with zero attached hydrogens (tertiary/aromatic N) is 2. The zero-order valence-electron chi connectivity index (χ0n) is 26.4. The van der Waals surface area contributed by atoms with Crippen molar-refractivity contribution in [2.45, 2.75) is 0 Å². The summed E-state index contributed by atoms with van der Waals surface area (Å²) in [6.07, 6.45) is 1.84. The van der Waals surface area contributed by atoms with E-state index in [2.05, 4.69) is 150 Å². The summed E-state index contributed by atoms with van der Waals surface area (Å²) in [6, 6.07) is 57.2. The molecule has 0 aliphatic carbocycles. The maximum absolute atomic E-state index is 6.46. The van der Waals surface area contributed by atoms with Crippen molar-refractivity contribution < 1.29 is 8.83 Å². The summed E-state index contributed by atoms with van der Waals surface area (Å²) in [6.45, 7) is 0. The highest BCUT2D eigenvalue weighted by atomic mass is 16.3. The molecule has 0 saturated carbocycles. The van der Waals surface area contributed by atoms with Crippen molar-refractivity contribution in [3.63, 3.8) is 0 Å². The van der Waals surface area contributed by atoms with Gasteiger partial charge in [0.05, 0.1) is 11.1 Å². The molecule has 0 aliphatic heterocycles. The molecule has 0 spiro atoms. The Morgan fingerprint density at radius 3 is 2.04 bits per heavy atom. The zero-order chi connectivity index (χ0) is 32.3. The van der Waals surface area contributed by atoms with Crippen LogP contribution in [-0.2, 0) is 0 Å². The van der Waals surface area contributed by atoms with Gasteiger partial charge in [0.25, 0.3) is 0 Å². The minimum atomic E-state index is 0.834. The largest absolute Gasteiger partial charge is 0.456 e. The van der Waals surface area contributed by atoms with Crippen molar-refractivity contribution in [1.82, 2.24) is 4.98 Å². The lowest BCUT2D eigenvalue weighted by Gasteiger charge is -2.26. The van der Waals surface area contributed by atoms with Gasteiger partial charge in [-0.15, -0.1) is 0 Å². The first-order valence-corrected chi connectivity index (χ1v) is 16.4. The van der Waals surface area contributed by atoms with Gasteiger partial charge in [-0.25, -0.2) is 0 Å². The van der Waals surface area contributed by atoms with E-state index in [1.807, 2.05) is 24.4 Å². The molecular weight excluding hydrogens is 601 g/mol. The van der Waals surface area contributed by atoms with Gasteiger partial charge in [-0.05, 0) is 77.2 Å². The van der Waals surface area contributed by atoms with Crippen LogP contribution in [0, 0.1) is 0 Å². The highest BCUT2D eigenvalue weighted by Gasteiger charge is 2.19. The van der Waals surface area contributed by atoms with E-state index in [0.29, 0.717) is 0 Å². The molecule has 4 heteroatoms. The summed E-state index contributed by atoms with van der Waals surface area (Å²) < 4.78 is 12.6. The Hall–Kier alpha value is -6.65. The standard InChI is InChI=1S/C45H28N2O2/c1-2-9-29(10-3-1)32-12-8-13-34(27-32)47(35-22-24-41-39(28-35)37-15-6-7-16-40(37)48-41)33-20-17-31(18-21-33)44-43-38-23-19-30-11-4-5-14-36(30)45(38)49-42(43)25-26-46-44/h1-28H. The first-order chi connectivity index (χ1) is 24.3. The summed E-state index contributed by atoms with van der Waals surface area (Å²) in [4.78, 5) is 7.20. The van der Waals surface area contributed by atoms with Gasteiger partial charge in [-0.1, -0.05) is 103 Å². The molecule has 0 radical (unpaired) electrons. The number of aromatic nitrogens is 1. The van der Waals surface area contributed by atoms with Crippen LogP contribution in [0.25, 0.3) is 77.0 Å². The Balaban J connectivity index is 1.13. The Morgan fingerprint density at radius 1 is 0.408 bits per heavy atom. The molecule has 230 valence electrons. The number of anilines is 3. The molecule has 0 bridgehead atoms. The first-order valence-electron chi connectivity index (χ1n) is 16.4. The lowest BCUT2D eigenvalue weighted by molar-refractivity contribution is 0.669. The number of benzene rings is 7. The van der Waals surface area contributed by atoms with Crippen LogP contribution in [0.15, 0.2) is 179 Å². The molecule has 7 aromatic carbocycles. The first kappa shape index (κ1) is 27.5. The van der Waals surface area contributed by atoms with Gasteiger partial charge in [-0.3, -0.25) is 4.98 Å². The van der Waals surface area contributed by atoms with Crippen molar-refractivity contribution in [2.24, 2.45) is 0 Å². The molecule has 0 aliphatic rings.